The van der Waals surface area contributed by atoms with Crippen molar-refractivity contribution in [1.29, 1.82) is 0 Å². The number of nitrogen functional groups attached to an aromatic ring is 1. The van der Waals surface area contributed by atoms with E-state index < -0.39 is 12.1 Å². The number of alkyl halides is 1. The molecular weight excluding hydrogens is 569 g/mol. The summed E-state index contributed by atoms with van der Waals surface area (Å²) in [5, 5.41) is 0.967. The van der Waals surface area contributed by atoms with E-state index in [1.54, 1.807) is 25.0 Å². The van der Waals surface area contributed by atoms with Crippen LogP contribution in [0, 0.1) is 0 Å². The predicted molar refractivity (Wildman–Crippen MR) is 162 cm³/mol. The molecule has 2 N–H and O–H groups in total. The number of esters is 1. The maximum atomic E-state index is 12.8. The van der Waals surface area contributed by atoms with E-state index in [1.807, 2.05) is 42.5 Å². The molecule has 0 aliphatic carbocycles. The molecule has 1 unspecified atom stereocenters. The molecule has 0 saturated carbocycles. The second-order valence-corrected chi connectivity index (χ2v) is 9.63. The molecule has 0 aliphatic heterocycles. The predicted octanol–water partition coefficient (Wildman–Crippen LogP) is 4.38. The van der Waals surface area contributed by atoms with Crippen LogP contribution in [0.5, 0.6) is 5.75 Å². The number of aryl methyl sites for hydroxylation is 1. The number of amides is 1. The monoisotopic (exact) mass is 603 g/mol. The Balaban J connectivity index is 0.00000462. The standard InChI is InChI=1S/C29H34ClN5O5.ClH/c1-19(29(37)39-3)40-21-9-6-8-20(16-21)18-34(25(36)17-30)13-7-14-35-24(12-15-38-2)33-26-27(35)22-10-4-5-11-23(22)32-28(26)31;/h4-6,8-11,16,19H,7,12-15,17-18H2,1-3H3,(H2,31,32);1H. The van der Waals surface area contributed by atoms with Gasteiger partial charge < -0.3 is 29.4 Å². The molecule has 0 aliphatic rings. The minimum atomic E-state index is -0.751. The summed E-state index contributed by atoms with van der Waals surface area (Å²) >= 11 is 5.97. The summed E-state index contributed by atoms with van der Waals surface area (Å²) < 4.78 is 17.9. The molecule has 0 spiro atoms. The van der Waals surface area contributed by atoms with Gasteiger partial charge in [-0.3, -0.25) is 4.79 Å². The number of para-hydroxylation sites is 1. The number of nitrogens with zero attached hydrogens (tertiary/aromatic N) is 4. The van der Waals surface area contributed by atoms with Crippen LogP contribution in [0.1, 0.15) is 24.7 Å². The second kappa shape index (κ2) is 14.9. The molecular formula is C29H35Cl2N5O5. The largest absolute Gasteiger partial charge is 0.479 e. The molecule has 2 aromatic heterocycles. The van der Waals surface area contributed by atoms with Gasteiger partial charge in [0.2, 0.25) is 5.91 Å². The molecule has 41 heavy (non-hydrogen) atoms. The molecule has 1 atom stereocenters. The number of benzene rings is 2. The molecule has 2 aromatic carbocycles. The molecule has 10 nitrogen and oxygen atoms in total. The Hall–Kier alpha value is -3.60. The summed E-state index contributed by atoms with van der Waals surface area (Å²) in [5.74, 6) is 0.973. The van der Waals surface area contributed by atoms with Crippen LogP contribution < -0.4 is 10.5 Å². The Morgan fingerprint density at radius 1 is 1.12 bits per heavy atom. The number of fused-ring (bicyclic) bond motifs is 3. The van der Waals surface area contributed by atoms with Gasteiger partial charge in [0.25, 0.3) is 0 Å². The first-order valence-corrected chi connectivity index (χ1v) is 13.6. The molecule has 0 fully saturated rings. The Morgan fingerprint density at radius 2 is 1.90 bits per heavy atom. The zero-order valence-corrected chi connectivity index (χ0v) is 24.9. The Kier molecular flexibility index (Phi) is 11.6. The van der Waals surface area contributed by atoms with Crippen molar-refractivity contribution in [1.82, 2.24) is 19.4 Å². The number of hydrogen-bond acceptors (Lipinski definition) is 8. The van der Waals surface area contributed by atoms with Crippen LogP contribution in [-0.4, -0.2) is 70.7 Å². The average Bonchev–Trinajstić information content (AvgIpc) is 3.34. The fourth-order valence-electron chi connectivity index (χ4n) is 4.68. The Labute approximate surface area is 250 Å². The van der Waals surface area contributed by atoms with Crippen LogP contribution in [0.4, 0.5) is 5.82 Å². The summed E-state index contributed by atoms with van der Waals surface area (Å²) in [6.45, 7) is 3.55. The molecule has 0 radical (unpaired) electrons. The topological polar surface area (TPSA) is 122 Å². The number of nitrogens with two attached hydrogens (primary N) is 1. The summed E-state index contributed by atoms with van der Waals surface area (Å²) in [4.78, 5) is 35.6. The third kappa shape index (κ3) is 7.58. The first-order chi connectivity index (χ1) is 19.4. The molecule has 4 aromatic rings. The van der Waals surface area contributed by atoms with Crippen molar-refractivity contribution in [2.75, 3.05) is 39.0 Å². The van der Waals surface area contributed by atoms with E-state index in [-0.39, 0.29) is 24.2 Å². The lowest BCUT2D eigenvalue weighted by atomic mass is 10.1. The number of hydrogen-bond donors (Lipinski definition) is 1. The van der Waals surface area contributed by atoms with Gasteiger partial charge in [-0.2, -0.15) is 0 Å². The van der Waals surface area contributed by atoms with E-state index in [1.165, 1.54) is 7.11 Å². The zero-order valence-electron chi connectivity index (χ0n) is 23.3. The highest BCUT2D eigenvalue weighted by Gasteiger charge is 2.19. The van der Waals surface area contributed by atoms with Gasteiger partial charge in [0.1, 0.15) is 23.0 Å². The van der Waals surface area contributed by atoms with Crippen molar-refractivity contribution in [3.8, 4) is 5.75 Å². The van der Waals surface area contributed by atoms with Crippen LogP contribution in [-0.2, 0) is 38.6 Å². The number of aromatic nitrogens is 3. The third-order valence-corrected chi connectivity index (χ3v) is 6.84. The van der Waals surface area contributed by atoms with Gasteiger partial charge >= 0.3 is 5.97 Å². The molecule has 1 amide bonds. The first kappa shape index (κ1) is 31.9. The molecule has 0 bridgehead atoms. The minimum Gasteiger partial charge on any atom is -0.479 e. The Morgan fingerprint density at radius 3 is 2.63 bits per heavy atom. The lowest BCUT2D eigenvalue weighted by Gasteiger charge is -2.23. The van der Waals surface area contributed by atoms with Crippen molar-refractivity contribution in [2.24, 2.45) is 0 Å². The number of pyridine rings is 1. The highest BCUT2D eigenvalue weighted by Crippen LogP contribution is 2.29. The quantitative estimate of drug-likeness (QED) is 0.176. The van der Waals surface area contributed by atoms with Crippen LogP contribution in [0.15, 0.2) is 48.5 Å². The summed E-state index contributed by atoms with van der Waals surface area (Å²) in [6, 6.07) is 15.1. The second-order valence-electron chi connectivity index (χ2n) is 9.37. The average molecular weight is 605 g/mol. The molecule has 12 heteroatoms. The van der Waals surface area contributed by atoms with Gasteiger partial charge in [-0.1, -0.05) is 30.3 Å². The van der Waals surface area contributed by atoms with E-state index in [0.717, 1.165) is 27.8 Å². The van der Waals surface area contributed by atoms with Gasteiger partial charge in [0, 0.05) is 38.6 Å². The van der Waals surface area contributed by atoms with Crippen molar-refractivity contribution < 1.29 is 23.8 Å². The number of carbonyl (C=O) groups is 2. The van der Waals surface area contributed by atoms with Gasteiger partial charge in [-0.25, -0.2) is 14.8 Å². The number of halogens is 2. The number of methoxy groups -OCH3 is 2. The normalized spacial score (nSPS) is 11.7. The molecule has 0 saturated heterocycles. The number of ether oxygens (including phenoxy) is 3. The summed E-state index contributed by atoms with van der Waals surface area (Å²) in [6.07, 6.45) is 0.513. The number of anilines is 1. The van der Waals surface area contributed by atoms with E-state index in [2.05, 4.69) is 9.55 Å². The highest BCUT2D eigenvalue weighted by atomic mass is 35.5. The highest BCUT2D eigenvalue weighted by molar-refractivity contribution is 6.27. The van der Waals surface area contributed by atoms with Crippen molar-refractivity contribution in [3.05, 3.63) is 59.9 Å². The smallest absolute Gasteiger partial charge is 0.346 e. The van der Waals surface area contributed by atoms with Crippen molar-refractivity contribution >= 4 is 63.6 Å². The van der Waals surface area contributed by atoms with Crippen molar-refractivity contribution in [3.63, 3.8) is 0 Å². The SMILES string of the molecule is COCCc1nc2c(N)nc3ccccc3c2n1CCCN(Cc1cccc(OC(C)C(=O)OC)c1)C(=O)CCl.Cl. The van der Waals surface area contributed by atoms with Crippen LogP contribution in [0.3, 0.4) is 0 Å². The number of rotatable bonds is 13. The lowest BCUT2D eigenvalue weighted by Crippen LogP contribution is -2.33. The van der Waals surface area contributed by atoms with E-state index in [0.29, 0.717) is 56.2 Å². The minimum absolute atomic E-state index is 0. The van der Waals surface area contributed by atoms with E-state index in [9.17, 15) is 9.59 Å². The first-order valence-electron chi connectivity index (χ1n) is 13.1. The molecule has 220 valence electrons. The van der Waals surface area contributed by atoms with Gasteiger partial charge in [-0.05, 0) is 37.1 Å². The maximum Gasteiger partial charge on any atom is 0.346 e. The third-order valence-electron chi connectivity index (χ3n) is 6.61. The Bertz CT molecular complexity index is 1500. The van der Waals surface area contributed by atoms with E-state index >= 15 is 0 Å². The van der Waals surface area contributed by atoms with Crippen LogP contribution >= 0.6 is 24.0 Å². The van der Waals surface area contributed by atoms with Crippen LogP contribution in [0.2, 0.25) is 0 Å². The summed E-state index contributed by atoms with van der Waals surface area (Å²) in [7, 11) is 2.97. The van der Waals surface area contributed by atoms with E-state index in [4.69, 9.17) is 36.5 Å². The summed E-state index contributed by atoms with van der Waals surface area (Å²) in [5.41, 5.74) is 9.54. The van der Waals surface area contributed by atoms with Crippen molar-refractivity contribution in [2.45, 2.75) is 39.0 Å². The number of imidazole rings is 1. The lowest BCUT2D eigenvalue weighted by molar-refractivity contribution is -0.147. The van der Waals surface area contributed by atoms with Gasteiger partial charge in [0.15, 0.2) is 11.9 Å². The number of carbonyl (C=O) groups excluding carboxylic acids is 2. The zero-order chi connectivity index (χ0) is 28.6. The van der Waals surface area contributed by atoms with Gasteiger partial charge in [-0.15, -0.1) is 24.0 Å². The van der Waals surface area contributed by atoms with Gasteiger partial charge in [0.05, 0.1) is 24.8 Å². The molecule has 4 rings (SSSR count). The maximum absolute atomic E-state index is 12.8. The van der Waals surface area contributed by atoms with Crippen LogP contribution in [0.25, 0.3) is 21.9 Å². The molecule has 2 heterocycles. The fraction of sp³-hybridized carbons (Fsp3) is 0.379. The fourth-order valence-corrected chi connectivity index (χ4v) is 4.85.